The first-order valence-corrected chi connectivity index (χ1v) is 9.50. The van der Waals surface area contributed by atoms with E-state index in [0.29, 0.717) is 23.6 Å². The van der Waals surface area contributed by atoms with E-state index < -0.39 is 18.0 Å². The molecule has 2 aliphatic heterocycles. The zero-order valence-corrected chi connectivity index (χ0v) is 16.0. The predicted molar refractivity (Wildman–Crippen MR) is 105 cm³/mol. The fourth-order valence-corrected chi connectivity index (χ4v) is 4.02. The Balaban J connectivity index is 1.41. The van der Waals surface area contributed by atoms with Crippen molar-refractivity contribution in [3.8, 4) is 0 Å². The highest BCUT2D eigenvalue weighted by atomic mass is 19.3. The zero-order valence-electron chi connectivity index (χ0n) is 16.0. The normalized spacial score (nSPS) is 21.3. The van der Waals surface area contributed by atoms with E-state index in [1.807, 2.05) is 0 Å². The van der Waals surface area contributed by atoms with Crippen LogP contribution in [-0.2, 0) is 7.05 Å². The number of aromatic amines is 1. The van der Waals surface area contributed by atoms with Gasteiger partial charge in [0.05, 0.1) is 5.69 Å². The molecule has 0 saturated carbocycles. The van der Waals surface area contributed by atoms with Crippen molar-refractivity contribution in [2.45, 2.75) is 31.4 Å². The molecule has 2 aromatic heterocycles. The molecule has 2 atom stereocenters. The fraction of sp³-hybridized carbons (Fsp3) is 0.421. The molecule has 154 valence electrons. The van der Waals surface area contributed by atoms with Crippen LogP contribution in [0.15, 0.2) is 24.4 Å². The third-order valence-electron chi connectivity index (χ3n) is 5.34. The van der Waals surface area contributed by atoms with Gasteiger partial charge in [-0.05, 0) is 37.1 Å². The predicted octanol–water partition coefficient (Wildman–Crippen LogP) is 2.36. The van der Waals surface area contributed by atoms with Crippen LogP contribution in [0.25, 0.3) is 6.08 Å². The molecule has 4 heterocycles. The second kappa shape index (κ2) is 7.78. The number of H-pyrrole nitrogens is 1. The molecule has 1 amide bonds. The van der Waals surface area contributed by atoms with Crippen LogP contribution in [0.3, 0.4) is 0 Å². The molecule has 10 heteroatoms. The second-order valence-corrected chi connectivity index (χ2v) is 7.35. The number of piperazine rings is 1. The lowest BCUT2D eigenvalue weighted by molar-refractivity contribution is 0.102. The minimum absolute atomic E-state index is 0.0184. The minimum Gasteiger partial charge on any atom is -0.351 e. The van der Waals surface area contributed by atoms with Gasteiger partial charge in [-0.15, -0.1) is 0 Å². The largest absolute Gasteiger partial charge is 0.351 e. The number of nitrogens with zero attached hydrogens (tertiary/aromatic N) is 3. The average Bonchev–Trinajstić information content (AvgIpc) is 3.36. The summed E-state index contributed by atoms with van der Waals surface area (Å²) in [4.78, 5) is 17.5. The Morgan fingerprint density at radius 2 is 2.07 bits per heavy atom. The summed E-state index contributed by atoms with van der Waals surface area (Å²) in [5.41, 5.74) is 0.409. The number of hydrogen-bond donors (Lipinski definition) is 4. The number of halogens is 2. The molecule has 4 N–H and O–H groups in total. The van der Waals surface area contributed by atoms with Crippen LogP contribution in [0.1, 0.15) is 41.1 Å². The molecule has 2 unspecified atom stereocenters. The van der Waals surface area contributed by atoms with Gasteiger partial charge >= 0.3 is 0 Å². The number of amides is 1. The monoisotopic (exact) mass is 403 g/mol. The number of hydrogen-bond acceptors (Lipinski definition) is 4. The Kier molecular flexibility index (Phi) is 5.18. The van der Waals surface area contributed by atoms with Crippen molar-refractivity contribution >= 4 is 23.5 Å². The Labute approximate surface area is 166 Å². The van der Waals surface area contributed by atoms with Gasteiger partial charge in [0.15, 0.2) is 5.69 Å². The summed E-state index contributed by atoms with van der Waals surface area (Å²) < 4.78 is 27.3. The molecule has 29 heavy (non-hydrogen) atoms. The molecule has 0 aliphatic carbocycles. The van der Waals surface area contributed by atoms with Crippen molar-refractivity contribution in [2.75, 3.05) is 18.4 Å². The van der Waals surface area contributed by atoms with E-state index >= 15 is 0 Å². The van der Waals surface area contributed by atoms with Gasteiger partial charge in [-0.1, -0.05) is 0 Å². The average molecular weight is 403 g/mol. The lowest BCUT2D eigenvalue weighted by Crippen LogP contribution is -2.53. The van der Waals surface area contributed by atoms with Gasteiger partial charge < -0.3 is 20.5 Å². The molecule has 2 saturated heterocycles. The summed E-state index contributed by atoms with van der Waals surface area (Å²) in [5.74, 6) is -0.0775. The molecular formula is C19H23F2N7O. The van der Waals surface area contributed by atoms with Crippen LogP contribution < -0.4 is 10.6 Å². The smallest absolute Gasteiger partial charge is 0.284 e. The fourth-order valence-electron chi connectivity index (χ4n) is 4.02. The second-order valence-electron chi connectivity index (χ2n) is 7.35. The maximum Gasteiger partial charge on any atom is 0.284 e. The summed E-state index contributed by atoms with van der Waals surface area (Å²) in [6.07, 6.45) is 4.22. The third-order valence-corrected chi connectivity index (χ3v) is 5.34. The highest BCUT2D eigenvalue weighted by Crippen LogP contribution is 2.27. The van der Waals surface area contributed by atoms with Crippen molar-refractivity contribution in [3.63, 3.8) is 0 Å². The first-order chi connectivity index (χ1) is 13.9. The maximum atomic E-state index is 13.0. The molecule has 2 fully saturated rings. The highest BCUT2D eigenvalue weighted by molar-refractivity contribution is 6.03. The van der Waals surface area contributed by atoms with E-state index in [-0.39, 0.29) is 11.4 Å². The van der Waals surface area contributed by atoms with Crippen LogP contribution >= 0.6 is 0 Å². The number of alkyl halides is 2. The number of rotatable bonds is 5. The van der Waals surface area contributed by atoms with Crippen molar-refractivity contribution in [2.24, 2.45) is 7.05 Å². The standard InChI is InChI=1S/C19H23F2N7O/c1-27-10-15(17(26-27)18(20)21)25-19(29)14-6-2-11(24-14)3-7-16(22)28-12-4-5-13(28)9-23-8-12/h2-3,6-7,10,12-13,18,22-24H,4-5,8-9H2,1H3,(H,25,29)/b7-3-,22-16?. The van der Waals surface area contributed by atoms with Crippen molar-refractivity contribution in [1.82, 2.24) is 25.0 Å². The Morgan fingerprint density at radius 1 is 1.34 bits per heavy atom. The Morgan fingerprint density at radius 3 is 2.76 bits per heavy atom. The number of fused-ring (bicyclic) bond motifs is 2. The van der Waals surface area contributed by atoms with Gasteiger partial charge in [-0.3, -0.25) is 14.9 Å². The molecule has 2 aromatic rings. The van der Waals surface area contributed by atoms with Crippen LogP contribution in [0.5, 0.6) is 0 Å². The number of amidine groups is 1. The number of nitrogens with one attached hydrogen (secondary N) is 4. The number of carbonyl (C=O) groups is 1. The van der Waals surface area contributed by atoms with E-state index in [0.717, 1.165) is 25.9 Å². The third kappa shape index (κ3) is 3.93. The van der Waals surface area contributed by atoms with Crippen LogP contribution in [0.4, 0.5) is 14.5 Å². The molecule has 0 aromatic carbocycles. The molecule has 2 bridgehead atoms. The van der Waals surface area contributed by atoms with Gasteiger partial charge in [0, 0.05) is 44.1 Å². The van der Waals surface area contributed by atoms with E-state index in [4.69, 9.17) is 5.41 Å². The van der Waals surface area contributed by atoms with Gasteiger partial charge in [0.1, 0.15) is 11.5 Å². The Bertz CT molecular complexity index is 932. The number of anilines is 1. The van der Waals surface area contributed by atoms with Crippen molar-refractivity contribution < 1.29 is 13.6 Å². The van der Waals surface area contributed by atoms with Crippen molar-refractivity contribution in [3.05, 3.63) is 41.5 Å². The summed E-state index contributed by atoms with van der Waals surface area (Å²) >= 11 is 0. The first-order valence-electron chi connectivity index (χ1n) is 9.50. The van der Waals surface area contributed by atoms with E-state index in [9.17, 15) is 13.6 Å². The van der Waals surface area contributed by atoms with Crippen LogP contribution in [-0.4, -0.2) is 56.6 Å². The lowest BCUT2D eigenvalue weighted by Gasteiger charge is -2.36. The van der Waals surface area contributed by atoms with Crippen LogP contribution in [0, 0.1) is 5.41 Å². The summed E-state index contributed by atoms with van der Waals surface area (Å²) in [6, 6.07) is 4.01. The molecule has 2 aliphatic rings. The van der Waals surface area contributed by atoms with Gasteiger partial charge in [-0.2, -0.15) is 5.10 Å². The SMILES string of the molecule is Cn1cc(NC(=O)c2ccc(/C=C\C(=N)N3C4CCC3CNC4)[nH]2)c(C(F)F)n1. The number of aryl methyl sites for hydroxylation is 1. The highest BCUT2D eigenvalue weighted by Gasteiger charge is 2.37. The molecule has 4 rings (SSSR count). The van der Waals surface area contributed by atoms with Gasteiger partial charge in [0.2, 0.25) is 0 Å². The lowest BCUT2D eigenvalue weighted by atomic mass is 10.2. The van der Waals surface area contributed by atoms with Gasteiger partial charge in [0.25, 0.3) is 12.3 Å². The van der Waals surface area contributed by atoms with Gasteiger partial charge in [-0.25, -0.2) is 8.78 Å². The zero-order chi connectivity index (χ0) is 20.5. The summed E-state index contributed by atoms with van der Waals surface area (Å²) in [7, 11) is 1.51. The summed E-state index contributed by atoms with van der Waals surface area (Å²) in [6.45, 7) is 1.79. The topological polar surface area (TPSA) is 102 Å². The molecular weight excluding hydrogens is 380 g/mol. The quantitative estimate of drug-likeness (QED) is 0.455. The van der Waals surface area contributed by atoms with Crippen LogP contribution in [0.2, 0.25) is 0 Å². The maximum absolute atomic E-state index is 13.0. The summed E-state index contributed by atoms with van der Waals surface area (Å²) in [5, 5.41) is 17.9. The molecule has 0 radical (unpaired) electrons. The van der Waals surface area contributed by atoms with E-state index in [2.05, 4.69) is 25.6 Å². The van der Waals surface area contributed by atoms with E-state index in [1.54, 1.807) is 24.3 Å². The molecule has 0 spiro atoms. The number of aromatic nitrogens is 3. The Hall–Kier alpha value is -3.01. The first kappa shape index (κ1) is 19.3. The number of carbonyl (C=O) groups excluding carboxylic acids is 1. The van der Waals surface area contributed by atoms with E-state index in [1.165, 1.54) is 17.9 Å². The molecule has 8 nitrogen and oxygen atoms in total. The minimum atomic E-state index is -2.78. The van der Waals surface area contributed by atoms with Crippen molar-refractivity contribution in [1.29, 1.82) is 5.41 Å².